The van der Waals surface area contributed by atoms with E-state index >= 15 is 0 Å². The first-order valence-corrected chi connectivity index (χ1v) is 10.6. The number of hydrogen-bond donors (Lipinski definition) is 3. The Morgan fingerprint density at radius 2 is 1.96 bits per heavy atom. The van der Waals surface area contributed by atoms with E-state index in [0.29, 0.717) is 12.8 Å². The fraction of sp³-hybridized carbons (Fsp3) is 0.478. The summed E-state index contributed by atoms with van der Waals surface area (Å²) in [6.07, 6.45) is 8.70. The van der Waals surface area contributed by atoms with Gasteiger partial charge in [0.05, 0.1) is 12.7 Å². The fourth-order valence-corrected chi connectivity index (χ4v) is 4.17. The van der Waals surface area contributed by atoms with Crippen molar-refractivity contribution in [1.82, 2.24) is 0 Å². The number of thioether (sulfide) groups is 1. The van der Waals surface area contributed by atoms with E-state index in [9.17, 15) is 10.2 Å². The molecule has 5 heteroatoms. The summed E-state index contributed by atoms with van der Waals surface area (Å²) in [6.45, 7) is 8.27. The van der Waals surface area contributed by atoms with Gasteiger partial charge in [0, 0.05) is 25.2 Å². The second kappa shape index (κ2) is 13.6. The molecule has 4 nitrogen and oxygen atoms in total. The second-order valence-corrected chi connectivity index (χ2v) is 8.17. The third kappa shape index (κ3) is 8.23. The summed E-state index contributed by atoms with van der Waals surface area (Å²) in [7, 11) is 1.00. The van der Waals surface area contributed by atoms with Crippen LogP contribution in [0.1, 0.15) is 38.7 Å². The molecule has 1 saturated heterocycles. The Bertz CT molecular complexity index is 654. The van der Waals surface area contributed by atoms with Crippen LogP contribution in [0.2, 0.25) is 0 Å². The van der Waals surface area contributed by atoms with E-state index in [1.807, 2.05) is 24.3 Å². The molecule has 0 bridgehead atoms. The molecular weight excluding hydrogens is 372 g/mol. The molecule has 3 unspecified atom stereocenters. The Kier molecular flexibility index (Phi) is 11.9. The van der Waals surface area contributed by atoms with E-state index in [1.54, 1.807) is 11.8 Å². The van der Waals surface area contributed by atoms with Gasteiger partial charge >= 0.3 is 0 Å². The summed E-state index contributed by atoms with van der Waals surface area (Å²) in [6, 6.07) is 8.01. The van der Waals surface area contributed by atoms with Crippen LogP contribution in [-0.2, 0) is 6.42 Å². The van der Waals surface area contributed by atoms with Gasteiger partial charge in [0.2, 0.25) is 0 Å². The van der Waals surface area contributed by atoms with Crippen LogP contribution < -0.4 is 4.74 Å². The van der Waals surface area contributed by atoms with Crippen molar-refractivity contribution in [2.24, 2.45) is 0 Å². The molecule has 1 aliphatic rings. The predicted octanol–water partition coefficient (Wildman–Crippen LogP) is 4.26. The van der Waals surface area contributed by atoms with Gasteiger partial charge < -0.3 is 20.1 Å². The topological polar surface area (TPSA) is 69.9 Å². The van der Waals surface area contributed by atoms with Crippen molar-refractivity contribution in [3.63, 3.8) is 0 Å². The van der Waals surface area contributed by atoms with Gasteiger partial charge in [-0.15, -0.1) is 11.8 Å². The number of rotatable bonds is 8. The van der Waals surface area contributed by atoms with Gasteiger partial charge in [-0.3, -0.25) is 0 Å². The number of hydrogen-bond acceptors (Lipinski definition) is 5. The van der Waals surface area contributed by atoms with Crippen LogP contribution in [-0.4, -0.2) is 45.8 Å². The summed E-state index contributed by atoms with van der Waals surface area (Å²) in [5.41, 5.74) is 3.42. The van der Waals surface area contributed by atoms with Crippen molar-refractivity contribution in [1.29, 1.82) is 0 Å². The molecule has 1 fully saturated rings. The summed E-state index contributed by atoms with van der Waals surface area (Å²) < 4.78 is 6.20. The number of ether oxygens (including phenoxy) is 1. The lowest BCUT2D eigenvalue weighted by Gasteiger charge is -2.31. The molecular formula is C23H34O4S. The molecule has 0 spiro atoms. The standard InChI is InChI=1S/C22H30O3S.CH4O/c1-4-16(3)10-11-17(5-2)12-18-8-6-7-9-21(18)25-22-14-19(24)13-20(15-23)26-22;1-2/h5-11,19-20,22-24H,2,4,12-15H2,1,3H3;2H,1H3/b16-10+,17-11+;. The average Bonchev–Trinajstić information content (AvgIpc) is 2.72. The first-order valence-electron chi connectivity index (χ1n) is 9.68. The van der Waals surface area contributed by atoms with Gasteiger partial charge in [0.15, 0.2) is 0 Å². The van der Waals surface area contributed by atoms with Crippen molar-refractivity contribution in [2.75, 3.05) is 13.7 Å². The van der Waals surface area contributed by atoms with Crippen molar-refractivity contribution in [2.45, 2.75) is 56.3 Å². The van der Waals surface area contributed by atoms with Gasteiger partial charge in [0.25, 0.3) is 0 Å². The summed E-state index contributed by atoms with van der Waals surface area (Å²) in [5.74, 6) is 0.833. The molecule has 2 rings (SSSR count). The Labute approximate surface area is 173 Å². The van der Waals surface area contributed by atoms with Gasteiger partial charge in [-0.05, 0) is 37.0 Å². The van der Waals surface area contributed by atoms with Crippen LogP contribution in [0, 0.1) is 0 Å². The Balaban J connectivity index is 0.00000190. The van der Waals surface area contributed by atoms with Crippen molar-refractivity contribution in [3.05, 3.63) is 65.8 Å². The van der Waals surface area contributed by atoms with Crippen LogP contribution in [0.3, 0.4) is 0 Å². The summed E-state index contributed by atoms with van der Waals surface area (Å²) in [4.78, 5) is 0. The minimum Gasteiger partial charge on any atom is -0.479 e. The minimum atomic E-state index is -0.420. The Hall–Kier alpha value is -1.53. The third-order valence-corrected chi connectivity index (χ3v) is 5.89. The van der Waals surface area contributed by atoms with Gasteiger partial charge in [-0.25, -0.2) is 0 Å². The lowest BCUT2D eigenvalue weighted by atomic mass is 10.0. The molecule has 0 aromatic heterocycles. The maximum absolute atomic E-state index is 10.0. The zero-order chi connectivity index (χ0) is 20.9. The number of aliphatic hydroxyl groups is 3. The quantitative estimate of drug-likeness (QED) is 0.563. The van der Waals surface area contributed by atoms with Gasteiger partial charge in [0.1, 0.15) is 11.2 Å². The maximum atomic E-state index is 10.0. The average molecular weight is 407 g/mol. The summed E-state index contributed by atoms with van der Waals surface area (Å²) >= 11 is 1.60. The van der Waals surface area contributed by atoms with E-state index in [2.05, 4.69) is 38.6 Å². The highest BCUT2D eigenvalue weighted by atomic mass is 32.2. The fourth-order valence-electron chi connectivity index (χ4n) is 2.83. The molecule has 0 aliphatic carbocycles. The zero-order valence-corrected chi connectivity index (χ0v) is 18.0. The number of aliphatic hydroxyl groups excluding tert-OH is 3. The van der Waals surface area contributed by atoms with E-state index < -0.39 is 6.10 Å². The highest BCUT2D eigenvalue weighted by Crippen LogP contribution is 2.34. The molecule has 3 atom stereocenters. The van der Waals surface area contributed by atoms with Crippen molar-refractivity contribution >= 4 is 11.8 Å². The van der Waals surface area contributed by atoms with Crippen LogP contribution in [0.4, 0.5) is 0 Å². The molecule has 1 aromatic rings. The maximum Gasteiger partial charge on any atom is 0.147 e. The highest BCUT2D eigenvalue weighted by molar-refractivity contribution is 8.00. The second-order valence-electron chi connectivity index (χ2n) is 6.71. The number of para-hydroxylation sites is 1. The molecule has 1 aliphatic heterocycles. The number of allylic oxidation sites excluding steroid dienone is 5. The molecule has 1 aromatic carbocycles. The smallest absolute Gasteiger partial charge is 0.147 e. The van der Waals surface area contributed by atoms with Gasteiger partial charge in [-0.2, -0.15) is 0 Å². The SMILES string of the molecule is C=C/C(=C\C=C(/C)CC)Cc1ccccc1OC1CC(O)CC(CO)S1.CO. The van der Waals surface area contributed by atoms with Crippen LogP contribution >= 0.6 is 11.8 Å². The first-order chi connectivity index (χ1) is 13.5. The third-order valence-electron chi connectivity index (χ3n) is 4.57. The lowest BCUT2D eigenvalue weighted by Crippen LogP contribution is -2.33. The van der Waals surface area contributed by atoms with E-state index in [-0.39, 0.29) is 17.3 Å². The molecule has 156 valence electrons. The molecule has 1 heterocycles. The molecule has 0 radical (unpaired) electrons. The van der Waals surface area contributed by atoms with Crippen LogP contribution in [0.15, 0.2) is 60.2 Å². The minimum absolute atomic E-state index is 0.0294. The van der Waals surface area contributed by atoms with Crippen molar-refractivity contribution in [3.8, 4) is 5.75 Å². The normalized spacial score (nSPS) is 22.9. The van der Waals surface area contributed by atoms with Crippen molar-refractivity contribution < 1.29 is 20.1 Å². The van der Waals surface area contributed by atoms with Gasteiger partial charge in [-0.1, -0.05) is 55.5 Å². The summed E-state index contributed by atoms with van der Waals surface area (Å²) in [5, 5.41) is 26.5. The Morgan fingerprint density at radius 3 is 2.61 bits per heavy atom. The molecule has 3 N–H and O–H groups in total. The monoisotopic (exact) mass is 406 g/mol. The number of benzene rings is 1. The lowest BCUT2D eigenvalue weighted by molar-refractivity contribution is 0.104. The van der Waals surface area contributed by atoms with Crippen LogP contribution in [0.25, 0.3) is 0 Å². The largest absolute Gasteiger partial charge is 0.479 e. The molecule has 0 amide bonds. The highest BCUT2D eigenvalue weighted by Gasteiger charge is 2.29. The molecule has 28 heavy (non-hydrogen) atoms. The Morgan fingerprint density at radius 1 is 1.25 bits per heavy atom. The van der Waals surface area contributed by atoms with E-state index in [0.717, 1.165) is 36.8 Å². The predicted molar refractivity (Wildman–Crippen MR) is 119 cm³/mol. The van der Waals surface area contributed by atoms with E-state index in [4.69, 9.17) is 9.84 Å². The first kappa shape index (κ1) is 24.5. The molecule has 0 saturated carbocycles. The van der Waals surface area contributed by atoms with E-state index in [1.165, 1.54) is 5.57 Å². The zero-order valence-electron chi connectivity index (χ0n) is 17.2. The van der Waals surface area contributed by atoms with Crippen LogP contribution in [0.5, 0.6) is 5.75 Å².